The molecule has 1 aromatic heterocycles. The van der Waals surface area contributed by atoms with Gasteiger partial charge in [0.15, 0.2) is 0 Å². The van der Waals surface area contributed by atoms with Gasteiger partial charge in [-0.05, 0) is 32.2 Å². The van der Waals surface area contributed by atoms with Crippen LogP contribution < -0.4 is 5.73 Å². The molecule has 2 aromatic rings. The number of fused-ring (bicyclic) bond motifs is 1. The van der Waals surface area contributed by atoms with Crippen LogP contribution in [0.1, 0.15) is 16.6 Å². The van der Waals surface area contributed by atoms with Crippen molar-refractivity contribution < 1.29 is 4.79 Å². The number of hydrogen-bond acceptors (Lipinski definition) is 4. The van der Waals surface area contributed by atoms with Gasteiger partial charge in [0, 0.05) is 40.8 Å². The number of benzene rings is 1. The van der Waals surface area contributed by atoms with E-state index in [0.29, 0.717) is 15.6 Å². The van der Waals surface area contributed by atoms with Gasteiger partial charge in [0.25, 0.3) is 5.91 Å². The Morgan fingerprint density at radius 2 is 2.19 bits per heavy atom. The van der Waals surface area contributed by atoms with E-state index < -0.39 is 0 Å². The summed E-state index contributed by atoms with van der Waals surface area (Å²) in [5.41, 5.74) is 6.73. The molecule has 3 rings (SSSR count). The van der Waals surface area contributed by atoms with E-state index >= 15 is 0 Å². The maximum absolute atomic E-state index is 12.8. The highest BCUT2D eigenvalue weighted by atomic mass is 35.5. The summed E-state index contributed by atoms with van der Waals surface area (Å²) in [5, 5.41) is 1.51. The van der Waals surface area contributed by atoms with Crippen molar-refractivity contribution in [2.45, 2.75) is 13.0 Å². The van der Waals surface area contributed by atoms with Gasteiger partial charge in [-0.2, -0.15) is 0 Å². The van der Waals surface area contributed by atoms with Gasteiger partial charge in [0.1, 0.15) is 4.88 Å². The lowest BCUT2D eigenvalue weighted by molar-refractivity contribution is 0.0539. The number of likely N-dealkylation sites (N-methyl/N-ethyl adjacent to an activating group) is 1. The average molecular weight is 324 g/mol. The summed E-state index contributed by atoms with van der Waals surface area (Å²) in [4.78, 5) is 17.6. The molecule has 4 nitrogen and oxygen atoms in total. The molecule has 1 aromatic carbocycles. The van der Waals surface area contributed by atoms with Gasteiger partial charge in [0.2, 0.25) is 0 Å². The molecule has 0 bridgehead atoms. The standard InChI is InChI=1S/C15H18ClN3OS/c1-9-8-18(2)5-6-19(9)15(20)14-13(17)11-7-10(16)3-4-12(11)21-14/h3-4,7,9H,5-6,8,17H2,1-2H3. The Morgan fingerprint density at radius 1 is 1.43 bits per heavy atom. The van der Waals surface area contributed by atoms with Crippen molar-refractivity contribution in [3.05, 3.63) is 28.1 Å². The molecule has 1 saturated heterocycles. The molecule has 0 spiro atoms. The highest BCUT2D eigenvalue weighted by Crippen LogP contribution is 2.36. The summed E-state index contributed by atoms with van der Waals surface area (Å²) >= 11 is 7.46. The van der Waals surface area contributed by atoms with Crippen molar-refractivity contribution >= 4 is 44.6 Å². The van der Waals surface area contributed by atoms with Gasteiger partial charge in [-0.25, -0.2) is 0 Å². The summed E-state index contributed by atoms with van der Waals surface area (Å²) < 4.78 is 1.00. The van der Waals surface area contributed by atoms with Gasteiger partial charge in [0.05, 0.1) is 5.69 Å². The predicted octanol–water partition coefficient (Wildman–Crippen LogP) is 2.91. The number of carbonyl (C=O) groups is 1. The second-order valence-corrected chi connectivity index (χ2v) is 7.08. The molecule has 2 heterocycles. The molecule has 1 aliphatic heterocycles. The summed E-state index contributed by atoms with van der Waals surface area (Å²) in [5.74, 6) is 0.0328. The number of carbonyl (C=O) groups excluding carboxylic acids is 1. The number of anilines is 1. The van der Waals surface area contributed by atoms with Crippen LogP contribution in [0.5, 0.6) is 0 Å². The Hall–Kier alpha value is -1.30. The third-order valence-electron chi connectivity index (χ3n) is 3.97. The first kappa shape index (κ1) is 14.6. The number of piperazine rings is 1. The molecule has 112 valence electrons. The van der Waals surface area contributed by atoms with Crippen LogP contribution in [0.2, 0.25) is 5.02 Å². The van der Waals surface area contributed by atoms with E-state index in [1.54, 1.807) is 0 Å². The first-order valence-electron chi connectivity index (χ1n) is 6.94. The van der Waals surface area contributed by atoms with E-state index in [2.05, 4.69) is 18.9 Å². The lowest BCUT2D eigenvalue weighted by Gasteiger charge is -2.38. The Bertz CT molecular complexity index is 700. The van der Waals surface area contributed by atoms with Crippen molar-refractivity contribution in [3.63, 3.8) is 0 Å². The van der Waals surface area contributed by atoms with E-state index in [9.17, 15) is 4.79 Å². The molecule has 0 radical (unpaired) electrons. The van der Waals surface area contributed by atoms with Gasteiger partial charge in [-0.3, -0.25) is 4.79 Å². The Labute approximate surface area is 133 Å². The van der Waals surface area contributed by atoms with Crippen LogP contribution >= 0.6 is 22.9 Å². The lowest BCUT2D eigenvalue weighted by Crippen LogP contribution is -2.52. The quantitative estimate of drug-likeness (QED) is 0.878. The molecule has 1 unspecified atom stereocenters. The third-order valence-corrected chi connectivity index (χ3v) is 5.38. The number of nitrogens with zero attached hydrogens (tertiary/aromatic N) is 2. The van der Waals surface area contributed by atoms with Gasteiger partial charge >= 0.3 is 0 Å². The number of halogens is 1. The Kier molecular flexibility index (Phi) is 3.82. The van der Waals surface area contributed by atoms with Crippen molar-refractivity contribution in [2.75, 3.05) is 32.4 Å². The van der Waals surface area contributed by atoms with Gasteiger partial charge < -0.3 is 15.5 Å². The van der Waals surface area contributed by atoms with Crippen LogP contribution in [-0.4, -0.2) is 48.4 Å². The normalized spacial score (nSPS) is 20.1. The van der Waals surface area contributed by atoms with Crippen LogP contribution in [0.3, 0.4) is 0 Å². The number of hydrogen-bond donors (Lipinski definition) is 1. The van der Waals surface area contributed by atoms with E-state index in [-0.39, 0.29) is 11.9 Å². The van der Waals surface area contributed by atoms with Crippen LogP contribution in [0.25, 0.3) is 10.1 Å². The molecule has 0 aliphatic carbocycles. The summed E-state index contributed by atoms with van der Waals surface area (Å²) in [7, 11) is 2.08. The molecular weight excluding hydrogens is 306 g/mol. The van der Waals surface area contributed by atoms with Crippen LogP contribution in [-0.2, 0) is 0 Å². The third kappa shape index (κ3) is 2.61. The molecule has 21 heavy (non-hydrogen) atoms. The zero-order chi connectivity index (χ0) is 15.1. The van der Waals surface area contributed by atoms with Crippen molar-refractivity contribution in [3.8, 4) is 0 Å². The highest BCUT2D eigenvalue weighted by molar-refractivity contribution is 7.21. The molecule has 1 amide bonds. The highest BCUT2D eigenvalue weighted by Gasteiger charge is 2.29. The van der Waals surface area contributed by atoms with Crippen molar-refractivity contribution in [1.29, 1.82) is 0 Å². The van der Waals surface area contributed by atoms with Gasteiger partial charge in [-0.1, -0.05) is 11.6 Å². The molecule has 0 saturated carbocycles. The SMILES string of the molecule is CC1CN(C)CCN1C(=O)c1sc2ccc(Cl)cc2c1N. The molecule has 2 N–H and O–H groups in total. The number of thiophene rings is 1. The molecule has 1 aliphatic rings. The summed E-state index contributed by atoms with van der Waals surface area (Å²) in [6.45, 7) is 4.61. The first-order valence-corrected chi connectivity index (χ1v) is 8.14. The minimum absolute atomic E-state index is 0.0328. The molecule has 1 fully saturated rings. The Morgan fingerprint density at radius 3 is 2.90 bits per heavy atom. The number of nitrogens with two attached hydrogens (primary N) is 1. The summed E-state index contributed by atoms with van der Waals surface area (Å²) in [6, 6.07) is 5.77. The van der Waals surface area contributed by atoms with Crippen LogP contribution in [0, 0.1) is 0 Å². The monoisotopic (exact) mass is 323 g/mol. The van der Waals surface area contributed by atoms with E-state index in [4.69, 9.17) is 17.3 Å². The predicted molar refractivity (Wildman–Crippen MR) is 89.2 cm³/mol. The topological polar surface area (TPSA) is 49.6 Å². The maximum atomic E-state index is 12.8. The lowest BCUT2D eigenvalue weighted by atomic mass is 10.1. The Balaban J connectivity index is 1.96. The fourth-order valence-corrected chi connectivity index (χ4v) is 4.05. The smallest absolute Gasteiger partial charge is 0.266 e. The zero-order valence-corrected chi connectivity index (χ0v) is 13.7. The number of rotatable bonds is 1. The van der Waals surface area contributed by atoms with E-state index in [1.165, 1.54) is 11.3 Å². The first-order chi connectivity index (χ1) is 9.97. The zero-order valence-electron chi connectivity index (χ0n) is 12.1. The fraction of sp³-hybridized carbons (Fsp3) is 0.400. The number of nitrogen functional groups attached to an aromatic ring is 1. The van der Waals surface area contributed by atoms with Crippen LogP contribution in [0.15, 0.2) is 18.2 Å². The number of amides is 1. The van der Waals surface area contributed by atoms with Crippen molar-refractivity contribution in [1.82, 2.24) is 9.80 Å². The average Bonchev–Trinajstić information content (AvgIpc) is 2.75. The molecule has 6 heteroatoms. The second kappa shape index (κ2) is 5.48. The second-order valence-electron chi connectivity index (χ2n) is 5.60. The minimum atomic E-state index is 0.0328. The minimum Gasteiger partial charge on any atom is -0.397 e. The van der Waals surface area contributed by atoms with E-state index in [1.807, 2.05) is 23.1 Å². The summed E-state index contributed by atoms with van der Waals surface area (Å²) in [6.07, 6.45) is 0. The van der Waals surface area contributed by atoms with Crippen molar-refractivity contribution in [2.24, 2.45) is 0 Å². The van der Waals surface area contributed by atoms with E-state index in [0.717, 1.165) is 29.7 Å². The fourth-order valence-electron chi connectivity index (χ4n) is 2.82. The molecular formula is C15H18ClN3OS. The van der Waals surface area contributed by atoms with Crippen LogP contribution in [0.4, 0.5) is 5.69 Å². The largest absolute Gasteiger partial charge is 0.397 e. The maximum Gasteiger partial charge on any atom is 0.266 e. The van der Waals surface area contributed by atoms with Gasteiger partial charge in [-0.15, -0.1) is 11.3 Å². The molecule has 1 atom stereocenters.